The lowest BCUT2D eigenvalue weighted by molar-refractivity contribution is -0.123. The first-order valence-corrected chi connectivity index (χ1v) is 6.84. The third kappa shape index (κ3) is 3.32. The zero-order valence-electron chi connectivity index (χ0n) is 11.0. The van der Waals surface area contributed by atoms with Crippen LogP contribution < -0.4 is 5.32 Å². The molecule has 3 nitrogen and oxygen atoms in total. The van der Waals surface area contributed by atoms with Gasteiger partial charge in [0, 0.05) is 13.2 Å². The van der Waals surface area contributed by atoms with Crippen LogP contribution in [0.2, 0.25) is 0 Å². The lowest BCUT2D eigenvalue weighted by Gasteiger charge is -2.15. The normalized spacial score (nSPS) is 16.1. The summed E-state index contributed by atoms with van der Waals surface area (Å²) >= 11 is 0. The smallest absolute Gasteiger partial charge is 0.230 e. The van der Waals surface area contributed by atoms with Crippen LogP contribution in [-0.4, -0.2) is 24.2 Å². The second-order valence-electron chi connectivity index (χ2n) is 5.13. The van der Waals surface area contributed by atoms with E-state index in [4.69, 9.17) is 5.11 Å². The number of aliphatic hydroxyl groups excluding tert-OH is 1. The highest BCUT2D eigenvalue weighted by molar-refractivity contribution is 5.91. The second-order valence-corrected chi connectivity index (χ2v) is 5.13. The number of rotatable bonds is 7. The summed E-state index contributed by atoms with van der Waals surface area (Å²) in [5, 5.41) is 11.6. The Morgan fingerprint density at radius 2 is 1.89 bits per heavy atom. The molecule has 0 aromatic heterocycles. The summed E-state index contributed by atoms with van der Waals surface area (Å²) in [4.78, 5) is 12.2. The van der Waals surface area contributed by atoms with Gasteiger partial charge in [-0.1, -0.05) is 12.1 Å². The molecule has 0 spiro atoms. The van der Waals surface area contributed by atoms with Gasteiger partial charge < -0.3 is 10.4 Å². The van der Waals surface area contributed by atoms with Crippen LogP contribution >= 0.6 is 0 Å². The van der Waals surface area contributed by atoms with E-state index in [-0.39, 0.29) is 18.3 Å². The zero-order valence-corrected chi connectivity index (χ0v) is 11.0. The average Bonchev–Trinajstić information content (AvgIpc) is 3.21. The predicted molar refractivity (Wildman–Crippen MR) is 71.3 cm³/mol. The molecule has 0 aliphatic heterocycles. The van der Waals surface area contributed by atoms with E-state index in [1.165, 1.54) is 12.1 Å². The van der Waals surface area contributed by atoms with Crippen molar-refractivity contribution < 1.29 is 14.3 Å². The molecular weight excluding hydrogens is 245 g/mol. The quantitative estimate of drug-likeness (QED) is 0.742. The monoisotopic (exact) mass is 265 g/mol. The number of nitrogens with one attached hydrogen (secondary N) is 1. The molecule has 1 aliphatic carbocycles. The van der Waals surface area contributed by atoms with Crippen LogP contribution in [0.1, 0.15) is 37.7 Å². The van der Waals surface area contributed by atoms with Gasteiger partial charge in [0.05, 0.1) is 5.41 Å². The van der Waals surface area contributed by atoms with Gasteiger partial charge in [-0.3, -0.25) is 4.79 Å². The van der Waals surface area contributed by atoms with Crippen LogP contribution in [0.5, 0.6) is 0 Å². The van der Waals surface area contributed by atoms with Crippen molar-refractivity contribution >= 4 is 5.91 Å². The maximum absolute atomic E-state index is 12.9. The average molecular weight is 265 g/mol. The van der Waals surface area contributed by atoms with E-state index in [0.29, 0.717) is 6.54 Å². The van der Waals surface area contributed by atoms with Crippen LogP contribution in [0.15, 0.2) is 24.3 Å². The first-order chi connectivity index (χ1) is 9.19. The largest absolute Gasteiger partial charge is 0.396 e. The number of aliphatic hydroxyl groups is 1. The van der Waals surface area contributed by atoms with Crippen molar-refractivity contribution in [1.82, 2.24) is 5.32 Å². The van der Waals surface area contributed by atoms with Gasteiger partial charge in [0.1, 0.15) is 5.82 Å². The molecule has 0 heterocycles. The Kier molecular flexibility index (Phi) is 4.53. The standard InChI is InChI=1S/C15H20FNO2/c16-13-6-4-12(5-7-13)15(8-9-15)14(19)17-10-2-1-3-11-18/h4-7,18H,1-3,8-11H2,(H,17,19). The van der Waals surface area contributed by atoms with E-state index < -0.39 is 5.41 Å². The molecule has 4 heteroatoms. The molecule has 1 amide bonds. The lowest BCUT2D eigenvalue weighted by atomic mass is 9.95. The third-order valence-electron chi connectivity index (χ3n) is 3.70. The minimum absolute atomic E-state index is 0.0445. The molecule has 19 heavy (non-hydrogen) atoms. The van der Waals surface area contributed by atoms with Crippen molar-refractivity contribution in [2.45, 2.75) is 37.5 Å². The van der Waals surface area contributed by atoms with Gasteiger partial charge in [0.2, 0.25) is 5.91 Å². The van der Waals surface area contributed by atoms with E-state index in [1.807, 2.05) is 0 Å². The van der Waals surface area contributed by atoms with Crippen LogP contribution in [0.25, 0.3) is 0 Å². The number of carbonyl (C=O) groups is 1. The number of benzene rings is 1. The van der Waals surface area contributed by atoms with Crippen molar-refractivity contribution in [1.29, 1.82) is 0 Å². The van der Waals surface area contributed by atoms with Gasteiger partial charge in [-0.25, -0.2) is 4.39 Å². The summed E-state index contributed by atoms with van der Waals surface area (Å²) in [6.45, 7) is 0.843. The summed E-state index contributed by atoms with van der Waals surface area (Å²) in [6.07, 6.45) is 4.24. The minimum Gasteiger partial charge on any atom is -0.396 e. The number of halogens is 1. The molecule has 2 N–H and O–H groups in total. The van der Waals surface area contributed by atoms with E-state index in [0.717, 1.165) is 37.7 Å². The van der Waals surface area contributed by atoms with Crippen molar-refractivity contribution in [2.24, 2.45) is 0 Å². The number of hydrogen-bond acceptors (Lipinski definition) is 2. The molecular formula is C15H20FNO2. The van der Waals surface area contributed by atoms with Crippen LogP contribution in [0, 0.1) is 5.82 Å². The number of amides is 1. The summed E-state index contributed by atoms with van der Waals surface area (Å²) in [5.41, 5.74) is 0.478. The number of hydrogen-bond donors (Lipinski definition) is 2. The second kappa shape index (κ2) is 6.15. The Balaban J connectivity index is 1.86. The molecule has 1 aromatic carbocycles. The Labute approximate surface area is 112 Å². The summed E-state index contributed by atoms with van der Waals surface area (Å²) in [5.74, 6) is -0.230. The van der Waals surface area contributed by atoms with E-state index in [1.54, 1.807) is 12.1 Å². The van der Waals surface area contributed by atoms with Gasteiger partial charge in [-0.2, -0.15) is 0 Å². The minimum atomic E-state index is -0.426. The van der Waals surface area contributed by atoms with E-state index in [9.17, 15) is 9.18 Å². The molecule has 0 saturated heterocycles. The summed E-state index contributed by atoms with van der Waals surface area (Å²) < 4.78 is 12.9. The Hall–Kier alpha value is -1.42. The molecule has 0 radical (unpaired) electrons. The van der Waals surface area contributed by atoms with Gasteiger partial charge in [-0.05, 0) is 49.8 Å². The lowest BCUT2D eigenvalue weighted by Crippen LogP contribution is -2.35. The fraction of sp³-hybridized carbons (Fsp3) is 0.533. The summed E-state index contributed by atoms with van der Waals surface area (Å²) in [6, 6.07) is 6.22. The van der Waals surface area contributed by atoms with E-state index >= 15 is 0 Å². The Morgan fingerprint density at radius 3 is 2.47 bits per heavy atom. The maximum Gasteiger partial charge on any atom is 0.230 e. The zero-order chi connectivity index (χ0) is 13.7. The first-order valence-electron chi connectivity index (χ1n) is 6.84. The topological polar surface area (TPSA) is 49.3 Å². The number of carbonyl (C=O) groups excluding carboxylic acids is 1. The Bertz CT molecular complexity index is 426. The molecule has 0 atom stereocenters. The molecule has 104 valence electrons. The molecule has 0 unspecified atom stereocenters. The molecule has 0 bridgehead atoms. The van der Waals surface area contributed by atoms with Gasteiger partial charge >= 0.3 is 0 Å². The van der Waals surface area contributed by atoms with Gasteiger partial charge in [0.25, 0.3) is 0 Å². The molecule has 1 fully saturated rings. The highest BCUT2D eigenvalue weighted by atomic mass is 19.1. The number of unbranched alkanes of at least 4 members (excludes halogenated alkanes) is 2. The van der Waals surface area contributed by atoms with Crippen molar-refractivity contribution in [2.75, 3.05) is 13.2 Å². The molecule has 1 saturated carbocycles. The fourth-order valence-electron chi connectivity index (χ4n) is 2.33. The third-order valence-corrected chi connectivity index (χ3v) is 3.70. The fourth-order valence-corrected chi connectivity index (χ4v) is 2.33. The van der Waals surface area contributed by atoms with Crippen LogP contribution in [0.4, 0.5) is 4.39 Å². The SMILES string of the molecule is O=C(NCCCCCO)C1(c2ccc(F)cc2)CC1. The molecule has 1 aliphatic rings. The van der Waals surface area contributed by atoms with Crippen molar-refractivity contribution in [3.05, 3.63) is 35.6 Å². The highest BCUT2D eigenvalue weighted by Gasteiger charge is 2.50. The van der Waals surface area contributed by atoms with Crippen molar-refractivity contribution in [3.63, 3.8) is 0 Å². The molecule has 1 aromatic rings. The van der Waals surface area contributed by atoms with Crippen LogP contribution in [0.3, 0.4) is 0 Å². The highest BCUT2D eigenvalue weighted by Crippen LogP contribution is 2.48. The maximum atomic E-state index is 12.9. The van der Waals surface area contributed by atoms with Crippen molar-refractivity contribution in [3.8, 4) is 0 Å². The van der Waals surface area contributed by atoms with Crippen LogP contribution in [-0.2, 0) is 10.2 Å². The first kappa shape index (κ1) is 14.0. The Morgan fingerprint density at radius 1 is 1.21 bits per heavy atom. The van der Waals surface area contributed by atoms with Gasteiger partial charge in [-0.15, -0.1) is 0 Å². The summed E-state index contributed by atoms with van der Waals surface area (Å²) in [7, 11) is 0. The molecule has 2 rings (SSSR count). The predicted octanol–water partition coefficient (Wildman–Crippen LogP) is 2.14. The van der Waals surface area contributed by atoms with E-state index in [2.05, 4.69) is 5.32 Å². The van der Waals surface area contributed by atoms with Gasteiger partial charge in [0.15, 0.2) is 0 Å².